The summed E-state index contributed by atoms with van der Waals surface area (Å²) >= 11 is 0. The number of aliphatic hydroxyl groups is 1. The monoisotopic (exact) mass is 198 g/mol. The van der Waals surface area contributed by atoms with Gasteiger partial charge in [0.05, 0.1) is 12.6 Å². The van der Waals surface area contributed by atoms with Crippen LogP contribution >= 0.6 is 0 Å². The first-order valence-electron chi connectivity index (χ1n) is 4.63. The van der Waals surface area contributed by atoms with Crippen LogP contribution in [-0.4, -0.2) is 22.7 Å². The van der Waals surface area contributed by atoms with Gasteiger partial charge < -0.3 is 10.4 Å². The Morgan fingerprint density at radius 1 is 1.50 bits per heavy atom. The fourth-order valence-electron chi connectivity index (χ4n) is 1.10. The number of aliphatic hydroxyl groups excluding tert-OH is 1. The van der Waals surface area contributed by atoms with E-state index in [4.69, 9.17) is 5.11 Å². The van der Waals surface area contributed by atoms with Crippen LogP contribution < -0.4 is 5.32 Å². The number of hydrogen-bond acceptors (Lipinski definition) is 3. The van der Waals surface area contributed by atoms with Crippen molar-refractivity contribution in [2.75, 3.05) is 11.9 Å². The van der Waals surface area contributed by atoms with Gasteiger partial charge in [0.15, 0.2) is 0 Å². The summed E-state index contributed by atoms with van der Waals surface area (Å²) in [6.07, 6.45) is 0. The molecule has 0 aliphatic rings. The highest BCUT2D eigenvalue weighted by Gasteiger charge is 2.12. The lowest BCUT2D eigenvalue weighted by Gasteiger charge is -2.20. The molecule has 0 bridgehead atoms. The van der Waals surface area contributed by atoms with Crippen LogP contribution in [-0.2, 0) is 0 Å². The van der Waals surface area contributed by atoms with Crippen molar-refractivity contribution in [1.82, 2.24) is 4.98 Å². The molecule has 0 spiro atoms. The van der Waals surface area contributed by atoms with E-state index in [1.54, 1.807) is 12.1 Å². The van der Waals surface area contributed by atoms with Crippen LogP contribution in [0.4, 0.5) is 10.2 Å². The summed E-state index contributed by atoms with van der Waals surface area (Å²) in [5.41, 5.74) is 0. The second-order valence-electron chi connectivity index (χ2n) is 3.52. The fourth-order valence-corrected chi connectivity index (χ4v) is 1.10. The molecule has 0 aromatic carbocycles. The van der Waals surface area contributed by atoms with Crippen molar-refractivity contribution in [2.45, 2.75) is 19.9 Å². The largest absolute Gasteiger partial charge is 0.394 e. The molecular formula is C10H15FN2O. The van der Waals surface area contributed by atoms with Gasteiger partial charge in [0, 0.05) is 0 Å². The van der Waals surface area contributed by atoms with Crippen molar-refractivity contribution in [2.24, 2.45) is 5.92 Å². The molecule has 0 aliphatic carbocycles. The summed E-state index contributed by atoms with van der Waals surface area (Å²) in [6, 6.07) is 4.45. The molecule has 0 amide bonds. The lowest BCUT2D eigenvalue weighted by Crippen LogP contribution is -2.29. The minimum atomic E-state index is -0.518. The van der Waals surface area contributed by atoms with Gasteiger partial charge in [-0.05, 0) is 18.1 Å². The Kier molecular flexibility index (Phi) is 3.83. The van der Waals surface area contributed by atoms with Gasteiger partial charge in [-0.3, -0.25) is 0 Å². The van der Waals surface area contributed by atoms with Crippen molar-refractivity contribution in [1.29, 1.82) is 0 Å². The van der Waals surface area contributed by atoms with Gasteiger partial charge in [-0.25, -0.2) is 4.98 Å². The number of rotatable bonds is 4. The van der Waals surface area contributed by atoms with Crippen LogP contribution in [0.5, 0.6) is 0 Å². The lowest BCUT2D eigenvalue weighted by molar-refractivity contribution is 0.249. The molecule has 1 heterocycles. The fraction of sp³-hybridized carbons (Fsp3) is 0.500. The average molecular weight is 198 g/mol. The Morgan fingerprint density at radius 2 is 2.21 bits per heavy atom. The molecule has 0 radical (unpaired) electrons. The van der Waals surface area contributed by atoms with Crippen LogP contribution in [0.2, 0.25) is 0 Å². The second-order valence-corrected chi connectivity index (χ2v) is 3.52. The first-order valence-corrected chi connectivity index (χ1v) is 4.63. The third kappa shape index (κ3) is 2.96. The van der Waals surface area contributed by atoms with E-state index in [2.05, 4.69) is 10.3 Å². The summed E-state index contributed by atoms with van der Waals surface area (Å²) in [5, 5.41) is 12.0. The lowest BCUT2D eigenvalue weighted by atomic mass is 10.1. The van der Waals surface area contributed by atoms with Crippen molar-refractivity contribution in [3.05, 3.63) is 24.1 Å². The summed E-state index contributed by atoms with van der Waals surface area (Å²) in [5.74, 6) is 0.207. The third-order valence-corrected chi connectivity index (χ3v) is 2.05. The normalized spacial score (nSPS) is 12.9. The Morgan fingerprint density at radius 3 is 2.71 bits per heavy atom. The maximum atomic E-state index is 12.7. The van der Waals surface area contributed by atoms with Crippen molar-refractivity contribution < 1.29 is 9.50 Å². The number of anilines is 1. The number of pyridine rings is 1. The summed E-state index contributed by atoms with van der Waals surface area (Å²) in [4.78, 5) is 3.65. The van der Waals surface area contributed by atoms with Gasteiger partial charge in [0.2, 0.25) is 5.95 Å². The Hall–Kier alpha value is -1.16. The second kappa shape index (κ2) is 4.91. The maximum Gasteiger partial charge on any atom is 0.214 e. The zero-order chi connectivity index (χ0) is 10.6. The van der Waals surface area contributed by atoms with E-state index in [0.717, 1.165) is 0 Å². The predicted molar refractivity (Wildman–Crippen MR) is 53.5 cm³/mol. The summed E-state index contributed by atoms with van der Waals surface area (Å²) in [6.45, 7) is 3.97. The van der Waals surface area contributed by atoms with Crippen molar-refractivity contribution in [3.8, 4) is 0 Å². The number of hydrogen-bond donors (Lipinski definition) is 2. The van der Waals surface area contributed by atoms with Crippen molar-refractivity contribution in [3.63, 3.8) is 0 Å². The van der Waals surface area contributed by atoms with Gasteiger partial charge >= 0.3 is 0 Å². The highest BCUT2D eigenvalue weighted by Crippen LogP contribution is 2.10. The number of nitrogens with one attached hydrogen (secondary N) is 1. The van der Waals surface area contributed by atoms with Gasteiger partial charge in [-0.15, -0.1) is 0 Å². The average Bonchev–Trinajstić information content (AvgIpc) is 2.14. The van der Waals surface area contributed by atoms with E-state index < -0.39 is 5.95 Å². The van der Waals surface area contributed by atoms with E-state index in [-0.39, 0.29) is 18.6 Å². The Bertz CT molecular complexity index is 291. The molecule has 0 saturated carbocycles. The number of nitrogens with zero attached hydrogens (tertiary/aromatic N) is 1. The molecule has 14 heavy (non-hydrogen) atoms. The van der Waals surface area contributed by atoms with Crippen LogP contribution in [0.1, 0.15) is 13.8 Å². The maximum absolute atomic E-state index is 12.7. The molecule has 78 valence electrons. The molecule has 0 saturated heterocycles. The third-order valence-electron chi connectivity index (χ3n) is 2.05. The van der Waals surface area contributed by atoms with E-state index in [9.17, 15) is 4.39 Å². The highest BCUT2D eigenvalue weighted by atomic mass is 19.1. The van der Waals surface area contributed by atoms with Gasteiger partial charge in [-0.1, -0.05) is 19.9 Å². The van der Waals surface area contributed by atoms with Crippen molar-refractivity contribution >= 4 is 5.82 Å². The summed E-state index contributed by atoms with van der Waals surface area (Å²) in [7, 11) is 0. The molecule has 1 aromatic heterocycles. The minimum Gasteiger partial charge on any atom is -0.394 e. The van der Waals surface area contributed by atoms with Crippen LogP contribution in [0.25, 0.3) is 0 Å². The molecule has 2 N–H and O–H groups in total. The number of aromatic nitrogens is 1. The predicted octanol–water partition coefficient (Wildman–Crippen LogP) is 1.65. The highest BCUT2D eigenvalue weighted by molar-refractivity contribution is 5.34. The minimum absolute atomic E-state index is 0.00978. The topological polar surface area (TPSA) is 45.1 Å². The SMILES string of the molecule is CC(C)C(CO)Nc1cccc(F)n1. The zero-order valence-corrected chi connectivity index (χ0v) is 8.37. The van der Waals surface area contributed by atoms with Gasteiger partial charge in [0.1, 0.15) is 5.82 Å². The van der Waals surface area contributed by atoms with Gasteiger partial charge in [-0.2, -0.15) is 4.39 Å². The first kappa shape index (κ1) is 10.9. The van der Waals surface area contributed by atoms with Crippen LogP contribution in [0.3, 0.4) is 0 Å². The molecule has 3 nitrogen and oxygen atoms in total. The van der Waals surface area contributed by atoms with E-state index in [0.29, 0.717) is 5.82 Å². The molecule has 1 rings (SSSR count). The van der Waals surface area contributed by atoms with Gasteiger partial charge in [0.25, 0.3) is 0 Å². The Labute approximate surface area is 83.0 Å². The first-order chi connectivity index (χ1) is 6.63. The molecule has 1 unspecified atom stereocenters. The van der Waals surface area contributed by atoms with Crippen LogP contribution in [0, 0.1) is 11.9 Å². The standard InChI is InChI=1S/C10H15FN2O/c1-7(2)8(6-14)12-10-5-3-4-9(11)13-10/h3-5,7-8,14H,6H2,1-2H3,(H,12,13). The Balaban J connectivity index is 2.67. The van der Waals surface area contributed by atoms with Crippen LogP contribution in [0.15, 0.2) is 18.2 Å². The molecule has 0 fully saturated rings. The zero-order valence-electron chi connectivity index (χ0n) is 8.37. The van der Waals surface area contributed by atoms with E-state index in [1.165, 1.54) is 6.07 Å². The molecular weight excluding hydrogens is 183 g/mol. The summed E-state index contributed by atoms with van der Waals surface area (Å²) < 4.78 is 12.7. The molecule has 4 heteroatoms. The quantitative estimate of drug-likeness (QED) is 0.723. The van der Waals surface area contributed by atoms with E-state index in [1.807, 2.05) is 13.8 Å². The molecule has 1 atom stereocenters. The molecule has 0 aliphatic heterocycles. The number of halogens is 1. The van der Waals surface area contributed by atoms with E-state index >= 15 is 0 Å². The molecule has 1 aromatic rings. The smallest absolute Gasteiger partial charge is 0.214 e.